The van der Waals surface area contributed by atoms with Crippen LogP contribution in [0.15, 0.2) is 12.1 Å². The Balaban J connectivity index is 3.05. The van der Waals surface area contributed by atoms with Crippen LogP contribution in [0.3, 0.4) is 0 Å². The summed E-state index contributed by atoms with van der Waals surface area (Å²) in [5.74, 6) is 0. The van der Waals surface area contributed by atoms with Gasteiger partial charge in [0.2, 0.25) is 0 Å². The second-order valence-corrected chi connectivity index (χ2v) is 2.58. The number of hydrogen-bond donors (Lipinski definition) is 2. The van der Waals surface area contributed by atoms with Crippen molar-refractivity contribution < 1.29 is 10.0 Å². The van der Waals surface area contributed by atoms with Crippen LogP contribution in [0.25, 0.3) is 0 Å². The zero-order chi connectivity index (χ0) is 8.43. The average molecular weight is 171 g/mol. The first-order valence-electron chi connectivity index (χ1n) is 3.10. The molecule has 1 rings (SSSR count). The van der Waals surface area contributed by atoms with Crippen LogP contribution in [0.2, 0.25) is 5.02 Å². The second-order valence-electron chi connectivity index (χ2n) is 2.18. The molecule has 1 heterocycles. The van der Waals surface area contributed by atoms with Crippen molar-refractivity contribution in [3.63, 3.8) is 0 Å². The monoisotopic (exact) mass is 171 g/mol. The molecule has 0 aliphatic heterocycles. The van der Waals surface area contributed by atoms with Gasteiger partial charge in [0.05, 0.1) is 16.3 Å². The topological polar surface area (TPSA) is 53.4 Å². The van der Waals surface area contributed by atoms with E-state index in [9.17, 15) is 0 Å². The van der Waals surface area contributed by atoms with E-state index in [1.165, 1.54) is 6.07 Å². The highest BCUT2D eigenvalue weighted by Gasteiger charge is 2.12. The molecule has 0 radical (unpaired) electrons. The summed E-state index contributed by atoms with van der Waals surface area (Å²) in [6.45, 7) is 1.70. The lowest BCUT2D eigenvalue weighted by molar-refractivity contribution is 0.424. The lowest BCUT2D eigenvalue weighted by Gasteiger charge is -2.00. The van der Waals surface area contributed by atoms with Gasteiger partial charge in [-0.15, -0.1) is 0 Å². The van der Waals surface area contributed by atoms with Crippen molar-refractivity contribution in [3.05, 3.63) is 22.8 Å². The molecule has 0 spiro atoms. The fourth-order valence-corrected chi connectivity index (χ4v) is 0.813. The van der Waals surface area contributed by atoms with E-state index in [1.54, 1.807) is 13.0 Å². The van der Waals surface area contributed by atoms with E-state index in [-0.39, 0.29) is 5.59 Å². The van der Waals surface area contributed by atoms with Crippen molar-refractivity contribution in [1.82, 2.24) is 4.98 Å². The molecule has 11 heavy (non-hydrogen) atoms. The number of nitrogens with zero attached hydrogens (tertiary/aromatic N) is 1. The molecule has 0 aliphatic rings. The molecule has 0 saturated carbocycles. The van der Waals surface area contributed by atoms with Crippen molar-refractivity contribution in [3.8, 4) is 0 Å². The Kier molecular flexibility index (Phi) is 2.49. The van der Waals surface area contributed by atoms with Crippen molar-refractivity contribution in [1.29, 1.82) is 0 Å². The highest BCUT2D eigenvalue weighted by atomic mass is 35.5. The Morgan fingerprint density at radius 1 is 1.45 bits per heavy atom. The maximum absolute atomic E-state index is 8.69. The van der Waals surface area contributed by atoms with Crippen LogP contribution in [0, 0.1) is 6.92 Å². The molecule has 1 aromatic rings. The van der Waals surface area contributed by atoms with Crippen LogP contribution in [0.4, 0.5) is 0 Å². The summed E-state index contributed by atoms with van der Waals surface area (Å²) in [7, 11) is -1.52. The van der Waals surface area contributed by atoms with Crippen molar-refractivity contribution in [2.45, 2.75) is 6.92 Å². The summed E-state index contributed by atoms with van der Waals surface area (Å²) in [4.78, 5) is 3.84. The molecule has 0 bridgehead atoms. The van der Waals surface area contributed by atoms with Gasteiger partial charge >= 0.3 is 7.12 Å². The van der Waals surface area contributed by atoms with Crippen LogP contribution in [-0.2, 0) is 0 Å². The quantitative estimate of drug-likeness (QED) is 0.572. The molecule has 0 atom stereocenters. The van der Waals surface area contributed by atoms with Crippen LogP contribution in [-0.4, -0.2) is 22.2 Å². The van der Waals surface area contributed by atoms with Gasteiger partial charge in [-0.1, -0.05) is 11.6 Å². The SMILES string of the molecule is Cc1nc(B(O)O)ccc1Cl. The van der Waals surface area contributed by atoms with Gasteiger partial charge in [0.25, 0.3) is 0 Å². The van der Waals surface area contributed by atoms with E-state index >= 15 is 0 Å². The smallest absolute Gasteiger partial charge is 0.422 e. The predicted molar refractivity (Wildman–Crippen MR) is 43.8 cm³/mol. The summed E-state index contributed by atoms with van der Waals surface area (Å²) in [6, 6.07) is 3.05. The minimum atomic E-state index is -1.52. The van der Waals surface area contributed by atoms with E-state index < -0.39 is 7.12 Å². The summed E-state index contributed by atoms with van der Waals surface area (Å²) < 4.78 is 0. The molecule has 5 heteroatoms. The Hall–Kier alpha value is -0.575. The fourth-order valence-electron chi connectivity index (χ4n) is 0.707. The van der Waals surface area contributed by atoms with Gasteiger partial charge in [-0.3, -0.25) is 4.98 Å². The number of pyridine rings is 1. The lowest BCUT2D eigenvalue weighted by atomic mass is 9.85. The largest absolute Gasteiger partial charge is 0.508 e. The summed E-state index contributed by atoms with van der Waals surface area (Å²) in [5.41, 5.74) is 0.809. The molecule has 0 amide bonds. The van der Waals surface area contributed by atoms with E-state index in [0.29, 0.717) is 10.7 Å². The summed E-state index contributed by atoms with van der Waals surface area (Å²) in [6.07, 6.45) is 0. The first-order valence-corrected chi connectivity index (χ1v) is 3.48. The predicted octanol–water partition coefficient (Wildman–Crippen LogP) is -0.277. The third-order valence-corrected chi connectivity index (χ3v) is 1.71. The molecule has 3 nitrogen and oxygen atoms in total. The summed E-state index contributed by atoms with van der Waals surface area (Å²) >= 11 is 5.66. The molecule has 2 N–H and O–H groups in total. The number of rotatable bonds is 1. The van der Waals surface area contributed by atoms with Crippen LogP contribution in [0.5, 0.6) is 0 Å². The fraction of sp³-hybridized carbons (Fsp3) is 0.167. The third-order valence-electron chi connectivity index (χ3n) is 1.31. The van der Waals surface area contributed by atoms with Gasteiger partial charge < -0.3 is 10.0 Å². The zero-order valence-corrected chi connectivity index (χ0v) is 6.71. The molecule has 0 saturated heterocycles. The van der Waals surface area contributed by atoms with E-state index in [0.717, 1.165) is 0 Å². The van der Waals surface area contributed by atoms with E-state index in [2.05, 4.69) is 4.98 Å². The number of hydrogen-bond acceptors (Lipinski definition) is 3. The minimum Gasteiger partial charge on any atom is -0.422 e. The van der Waals surface area contributed by atoms with Crippen molar-refractivity contribution in [2.24, 2.45) is 0 Å². The standard InChI is InChI=1S/C6H7BClNO2/c1-4-5(8)2-3-6(9-4)7(10)11/h2-3,10-11H,1H3. The number of aryl methyl sites for hydroxylation is 1. The molecular weight excluding hydrogens is 164 g/mol. The maximum atomic E-state index is 8.69. The average Bonchev–Trinajstić information content (AvgIpc) is 1.94. The maximum Gasteiger partial charge on any atom is 0.508 e. The summed E-state index contributed by atoms with van der Waals surface area (Å²) in [5, 5.41) is 17.9. The van der Waals surface area contributed by atoms with Gasteiger partial charge in [0, 0.05) is 0 Å². The van der Waals surface area contributed by atoms with Gasteiger partial charge in [-0.2, -0.15) is 0 Å². The molecule has 1 aromatic heterocycles. The molecule has 0 aliphatic carbocycles. The molecule has 58 valence electrons. The Morgan fingerprint density at radius 2 is 2.09 bits per heavy atom. The van der Waals surface area contributed by atoms with Gasteiger partial charge in [-0.05, 0) is 19.1 Å². The lowest BCUT2D eigenvalue weighted by Crippen LogP contribution is -2.32. The highest BCUT2D eigenvalue weighted by Crippen LogP contribution is 2.08. The third kappa shape index (κ3) is 1.93. The normalized spacial score (nSPS) is 9.82. The first-order chi connectivity index (χ1) is 5.11. The van der Waals surface area contributed by atoms with Crippen molar-refractivity contribution in [2.75, 3.05) is 0 Å². The van der Waals surface area contributed by atoms with Gasteiger partial charge in [0.1, 0.15) is 0 Å². The van der Waals surface area contributed by atoms with Crippen LogP contribution < -0.4 is 5.59 Å². The Morgan fingerprint density at radius 3 is 2.55 bits per heavy atom. The van der Waals surface area contributed by atoms with E-state index in [4.69, 9.17) is 21.6 Å². The Bertz CT molecular complexity index is 267. The zero-order valence-electron chi connectivity index (χ0n) is 5.95. The molecule has 0 fully saturated rings. The van der Waals surface area contributed by atoms with Gasteiger partial charge in [-0.25, -0.2) is 0 Å². The van der Waals surface area contributed by atoms with E-state index in [1.807, 2.05) is 0 Å². The van der Waals surface area contributed by atoms with Gasteiger partial charge in [0.15, 0.2) is 0 Å². The second kappa shape index (κ2) is 3.22. The number of halogens is 1. The molecular formula is C6H7BClNO2. The minimum absolute atomic E-state index is 0.215. The van der Waals surface area contributed by atoms with Crippen LogP contribution in [0.1, 0.15) is 5.69 Å². The highest BCUT2D eigenvalue weighted by molar-refractivity contribution is 6.57. The number of aromatic nitrogens is 1. The molecule has 0 unspecified atom stereocenters. The molecule has 0 aromatic carbocycles. The van der Waals surface area contributed by atoms with Crippen LogP contribution >= 0.6 is 11.6 Å². The van der Waals surface area contributed by atoms with Crippen molar-refractivity contribution >= 4 is 24.3 Å². The Labute approximate surface area is 69.8 Å². The first kappa shape index (κ1) is 8.52.